The average molecular weight is 375 g/mol. The molecule has 140 valence electrons. The number of aryl methyl sites for hydroxylation is 1. The molecule has 1 aromatic carbocycles. The van der Waals surface area contributed by atoms with E-state index in [9.17, 15) is 18.0 Å². The lowest BCUT2D eigenvalue weighted by molar-refractivity contribution is -0.151. The highest BCUT2D eigenvalue weighted by molar-refractivity contribution is 7.89. The molecule has 0 aromatic heterocycles. The van der Waals surface area contributed by atoms with Crippen LogP contribution in [0.2, 0.25) is 0 Å². The Morgan fingerprint density at radius 3 is 2.15 bits per heavy atom. The molecule has 0 unspecified atom stereocenters. The Labute approximate surface area is 154 Å². The van der Waals surface area contributed by atoms with Gasteiger partial charge in [-0.15, -0.1) is 0 Å². The predicted octanol–water partition coefficient (Wildman–Crippen LogP) is 2.72. The molecule has 2 aliphatic carbocycles. The molecule has 5 nitrogen and oxygen atoms in total. The summed E-state index contributed by atoms with van der Waals surface area (Å²) in [5, 5.41) is 0. The van der Waals surface area contributed by atoms with Gasteiger partial charge in [0.1, 0.15) is 11.6 Å². The maximum Gasteiger partial charge on any atom is 0.243 e. The molecule has 26 heavy (non-hydrogen) atoms. The number of benzene rings is 1. The third-order valence-corrected chi connectivity index (χ3v) is 8.33. The Morgan fingerprint density at radius 2 is 1.62 bits per heavy atom. The van der Waals surface area contributed by atoms with Gasteiger partial charge in [0.15, 0.2) is 0 Å². The number of piperidine rings is 1. The van der Waals surface area contributed by atoms with E-state index >= 15 is 0 Å². The van der Waals surface area contributed by atoms with Gasteiger partial charge in [0.2, 0.25) is 10.0 Å². The van der Waals surface area contributed by atoms with Crippen molar-refractivity contribution in [2.45, 2.75) is 50.3 Å². The Hall–Kier alpha value is -1.53. The van der Waals surface area contributed by atoms with E-state index in [2.05, 4.69) is 0 Å². The molecule has 0 radical (unpaired) electrons. The minimum Gasteiger partial charge on any atom is -0.300 e. The van der Waals surface area contributed by atoms with E-state index in [0.29, 0.717) is 55.2 Å². The van der Waals surface area contributed by atoms with Crippen molar-refractivity contribution in [1.82, 2.24) is 4.31 Å². The predicted molar refractivity (Wildman–Crippen MR) is 97.1 cm³/mol. The van der Waals surface area contributed by atoms with Crippen LogP contribution < -0.4 is 0 Å². The van der Waals surface area contributed by atoms with Crippen LogP contribution in [-0.2, 0) is 19.6 Å². The summed E-state index contributed by atoms with van der Waals surface area (Å²) in [5.41, 5.74) is 1.17. The van der Waals surface area contributed by atoms with E-state index in [4.69, 9.17) is 0 Å². The number of rotatable bonds is 4. The van der Waals surface area contributed by atoms with Crippen molar-refractivity contribution in [2.24, 2.45) is 17.3 Å². The first-order valence-electron chi connectivity index (χ1n) is 9.41. The van der Waals surface area contributed by atoms with Gasteiger partial charge in [0.25, 0.3) is 0 Å². The second kappa shape index (κ2) is 6.27. The molecule has 3 fully saturated rings. The summed E-state index contributed by atoms with van der Waals surface area (Å²) in [6.45, 7) is 2.74. The molecule has 1 heterocycles. The molecule has 4 rings (SSSR count). The van der Waals surface area contributed by atoms with E-state index in [-0.39, 0.29) is 17.3 Å². The average Bonchev–Trinajstić information content (AvgIpc) is 2.57. The third-order valence-electron chi connectivity index (χ3n) is 6.42. The highest BCUT2D eigenvalue weighted by atomic mass is 32.2. The Morgan fingerprint density at radius 1 is 1.04 bits per heavy atom. The zero-order valence-corrected chi connectivity index (χ0v) is 15.9. The highest BCUT2D eigenvalue weighted by Gasteiger charge is 2.55. The van der Waals surface area contributed by atoms with Gasteiger partial charge >= 0.3 is 0 Å². The molecule has 1 spiro atoms. The van der Waals surface area contributed by atoms with Crippen LogP contribution in [0.25, 0.3) is 0 Å². The van der Waals surface area contributed by atoms with E-state index < -0.39 is 10.0 Å². The van der Waals surface area contributed by atoms with Crippen LogP contribution in [0, 0.1) is 24.2 Å². The van der Waals surface area contributed by atoms with Crippen molar-refractivity contribution < 1.29 is 18.0 Å². The maximum atomic E-state index is 12.7. The minimum atomic E-state index is -3.47. The van der Waals surface area contributed by atoms with Crippen LogP contribution in [0.4, 0.5) is 0 Å². The van der Waals surface area contributed by atoms with Crippen LogP contribution in [0.1, 0.15) is 44.1 Å². The zero-order chi connectivity index (χ0) is 18.5. The van der Waals surface area contributed by atoms with E-state index in [1.807, 2.05) is 6.92 Å². The molecule has 1 aliphatic heterocycles. The first kappa shape index (κ1) is 17.9. The van der Waals surface area contributed by atoms with Crippen molar-refractivity contribution in [3.05, 3.63) is 29.8 Å². The third kappa shape index (κ3) is 3.03. The lowest BCUT2D eigenvalue weighted by atomic mass is 9.50. The normalized spacial score (nSPS) is 24.3. The minimum absolute atomic E-state index is 0.0300. The van der Waals surface area contributed by atoms with Crippen molar-refractivity contribution in [3.8, 4) is 0 Å². The first-order valence-corrected chi connectivity index (χ1v) is 10.9. The van der Waals surface area contributed by atoms with Gasteiger partial charge in [0.05, 0.1) is 4.90 Å². The standard InChI is InChI=1S/C20H25NO4S/c1-14-2-4-18(5-3-14)26(24,25)21-8-6-15(7-9-21)19(23)16-10-20(11-16)12-17(22)13-20/h2-5,15-16H,6-13H2,1H3. The number of nitrogens with zero attached hydrogens (tertiary/aromatic N) is 1. The summed E-state index contributed by atoms with van der Waals surface area (Å²) in [4.78, 5) is 24.2. The summed E-state index contributed by atoms with van der Waals surface area (Å²) >= 11 is 0. The molecule has 6 heteroatoms. The number of ketones is 2. The molecule has 2 saturated carbocycles. The number of Topliss-reactive ketones (excluding diaryl/α,β-unsaturated/α-hetero) is 2. The smallest absolute Gasteiger partial charge is 0.243 e. The fourth-order valence-corrected chi connectivity index (χ4v) is 6.30. The molecule has 1 saturated heterocycles. The van der Waals surface area contributed by atoms with Crippen LogP contribution in [0.5, 0.6) is 0 Å². The topological polar surface area (TPSA) is 71.5 Å². The lowest BCUT2D eigenvalue weighted by Crippen LogP contribution is -2.52. The molecular weight excluding hydrogens is 350 g/mol. The summed E-state index contributed by atoms with van der Waals surface area (Å²) in [6.07, 6.45) is 4.24. The summed E-state index contributed by atoms with van der Waals surface area (Å²) in [6, 6.07) is 6.91. The molecule has 3 aliphatic rings. The largest absolute Gasteiger partial charge is 0.300 e. The lowest BCUT2D eigenvalue weighted by Gasteiger charge is -2.53. The van der Waals surface area contributed by atoms with Gasteiger partial charge in [-0.05, 0) is 50.2 Å². The molecule has 1 aromatic rings. The van der Waals surface area contributed by atoms with Crippen molar-refractivity contribution >= 4 is 21.6 Å². The van der Waals surface area contributed by atoms with E-state index in [1.165, 1.54) is 4.31 Å². The van der Waals surface area contributed by atoms with Crippen molar-refractivity contribution in [3.63, 3.8) is 0 Å². The Kier molecular flexibility index (Phi) is 4.31. The Balaban J connectivity index is 1.33. The number of hydrogen-bond donors (Lipinski definition) is 0. The number of carbonyl (C=O) groups is 2. The molecule has 0 N–H and O–H groups in total. The van der Waals surface area contributed by atoms with Crippen LogP contribution in [0.15, 0.2) is 29.2 Å². The molecule has 0 atom stereocenters. The van der Waals surface area contributed by atoms with E-state index in [1.54, 1.807) is 24.3 Å². The summed E-state index contributed by atoms with van der Waals surface area (Å²) in [7, 11) is -3.47. The number of carbonyl (C=O) groups excluding carboxylic acids is 2. The van der Waals surface area contributed by atoms with Crippen LogP contribution >= 0.6 is 0 Å². The second-order valence-corrected chi connectivity index (χ2v) is 10.3. The van der Waals surface area contributed by atoms with Gasteiger partial charge in [-0.1, -0.05) is 17.7 Å². The number of sulfonamides is 1. The van der Waals surface area contributed by atoms with Gasteiger partial charge in [-0.3, -0.25) is 9.59 Å². The van der Waals surface area contributed by atoms with E-state index in [0.717, 1.165) is 18.4 Å². The fraction of sp³-hybridized carbons (Fsp3) is 0.600. The second-order valence-electron chi connectivity index (χ2n) is 8.39. The van der Waals surface area contributed by atoms with Gasteiger partial charge in [-0.25, -0.2) is 8.42 Å². The van der Waals surface area contributed by atoms with Crippen LogP contribution in [-0.4, -0.2) is 37.4 Å². The molecular formula is C20H25NO4S. The molecule has 0 amide bonds. The zero-order valence-electron chi connectivity index (χ0n) is 15.1. The SMILES string of the molecule is Cc1ccc(S(=O)(=O)N2CCC(C(=O)C3CC4(CC(=O)C4)C3)CC2)cc1. The van der Waals surface area contributed by atoms with Crippen molar-refractivity contribution in [1.29, 1.82) is 0 Å². The number of hydrogen-bond acceptors (Lipinski definition) is 4. The maximum absolute atomic E-state index is 12.7. The summed E-state index contributed by atoms with van der Waals surface area (Å²) in [5.74, 6) is 0.679. The molecule has 0 bridgehead atoms. The van der Waals surface area contributed by atoms with Crippen LogP contribution in [0.3, 0.4) is 0 Å². The first-order chi connectivity index (χ1) is 12.3. The van der Waals surface area contributed by atoms with Gasteiger partial charge < -0.3 is 0 Å². The summed E-state index contributed by atoms with van der Waals surface area (Å²) < 4.78 is 27.0. The quantitative estimate of drug-likeness (QED) is 0.811. The fourth-order valence-electron chi connectivity index (χ4n) is 4.83. The van der Waals surface area contributed by atoms with Gasteiger partial charge in [-0.2, -0.15) is 4.31 Å². The van der Waals surface area contributed by atoms with Gasteiger partial charge in [0, 0.05) is 37.8 Å². The monoisotopic (exact) mass is 375 g/mol. The van der Waals surface area contributed by atoms with Crippen molar-refractivity contribution in [2.75, 3.05) is 13.1 Å². The highest BCUT2D eigenvalue weighted by Crippen LogP contribution is 2.57. The Bertz CT molecular complexity index is 819.